The Balaban J connectivity index is 1.57. The predicted molar refractivity (Wildman–Crippen MR) is 121 cm³/mol. The fourth-order valence-electron chi connectivity index (χ4n) is 2.63. The van der Waals surface area contributed by atoms with Crippen LogP contribution in [-0.2, 0) is 16.1 Å². The highest BCUT2D eigenvalue weighted by molar-refractivity contribution is 7.14. The van der Waals surface area contributed by atoms with Crippen molar-refractivity contribution in [1.29, 1.82) is 0 Å². The van der Waals surface area contributed by atoms with Crippen LogP contribution in [0.4, 0.5) is 5.00 Å². The lowest BCUT2D eigenvalue weighted by Gasteiger charge is -2.12. The molecule has 0 saturated carbocycles. The van der Waals surface area contributed by atoms with Gasteiger partial charge >= 0.3 is 5.97 Å². The van der Waals surface area contributed by atoms with E-state index in [-0.39, 0.29) is 17.7 Å². The molecule has 2 aromatic carbocycles. The summed E-state index contributed by atoms with van der Waals surface area (Å²) in [5.41, 5.74) is 6.52. The molecule has 3 aromatic rings. The predicted octanol–water partition coefficient (Wildman–Crippen LogP) is 3.88. The van der Waals surface area contributed by atoms with Crippen molar-refractivity contribution < 1.29 is 28.6 Å². The number of primary amides is 1. The van der Waals surface area contributed by atoms with Gasteiger partial charge in [-0.2, -0.15) is 0 Å². The van der Waals surface area contributed by atoms with Crippen LogP contribution in [0.15, 0.2) is 53.9 Å². The van der Waals surface area contributed by atoms with Crippen molar-refractivity contribution in [2.75, 3.05) is 19.0 Å². The van der Waals surface area contributed by atoms with E-state index in [1.165, 1.54) is 25.3 Å². The molecule has 32 heavy (non-hydrogen) atoms. The first kappa shape index (κ1) is 23.1. The van der Waals surface area contributed by atoms with Gasteiger partial charge in [0.05, 0.1) is 18.2 Å². The fraction of sp³-hybridized carbons (Fsp3) is 0.136. The largest absolute Gasteiger partial charge is 0.493 e. The van der Waals surface area contributed by atoms with Crippen LogP contribution in [0.25, 0.3) is 0 Å². The molecule has 0 aliphatic heterocycles. The summed E-state index contributed by atoms with van der Waals surface area (Å²) >= 11 is 7.01. The van der Waals surface area contributed by atoms with E-state index in [0.717, 1.165) is 16.9 Å². The van der Waals surface area contributed by atoms with Crippen molar-refractivity contribution in [1.82, 2.24) is 0 Å². The molecule has 3 N–H and O–H groups in total. The molecule has 0 aliphatic carbocycles. The van der Waals surface area contributed by atoms with E-state index in [1.54, 1.807) is 23.6 Å². The normalized spacial score (nSPS) is 10.3. The number of nitrogens with two attached hydrogens (primary N) is 1. The molecule has 166 valence electrons. The summed E-state index contributed by atoms with van der Waals surface area (Å²) < 4.78 is 16.1. The minimum atomic E-state index is -0.719. The summed E-state index contributed by atoms with van der Waals surface area (Å²) in [6, 6.07) is 13.3. The second-order valence-electron chi connectivity index (χ2n) is 6.43. The maximum absolute atomic E-state index is 12.3. The van der Waals surface area contributed by atoms with Gasteiger partial charge in [0.1, 0.15) is 11.6 Å². The Morgan fingerprint density at radius 3 is 2.50 bits per heavy atom. The average Bonchev–Trinajstić information content (AvgIpc) is 3.25. The van der Waals surface area contributed by atoms with Crippen LogP contribution in [0, 0.1) is 0 Å². The maximum atomic E-state index is 12.3. The van der Waals surface area contributed by atoms with Gasteiger partial charge in [0.25, 0.3) is 11.8 Å². The first-order valence-corrected chi connectivity index (χ1v) is 10.5. The number of methoxy groups -OCH3 is 1. The highest BCUT2D eigenvalue weighted by Crippen LogP contribution is 2.29. The summed E-state index contributed by atoms with van der Waals surface area (Å²) in [6.45, 7) is -0.250. The van der Waals surface area contributed by atoms with Gasteiger partial charge in [0.15, 0.2) is 18.1 Å². The monoisotopic (exact) mass is 474 g/mol. The summed E-state index contributed by atoms with van der Waals surface area (Å²) in [6.07, 6.45) is 0. The first-order valence-electron chi connectivity index (χ1n) is 9.27. The zero-order valence-corrected chi connectivity index (χ0v) is 18.5. The smallest absolute Gasteiger partial charge is 0.338 e. The van der Waals surface area contributed by atoms with Crippen LogP contribution in [0.2, 0.25) is 5.02 Å². The van der Waals surface area contributed by atoms with E-state index in [2.05, 4.69) is 5.32 Å². The molecule has 0 unspecified atom stereocenters. The second kappa shape index (κ2) is 10.7. The Kier molecular flexibility index (Phi) is 7.69. The number of amides is 2. The molecule has 8 nitrogen and oxygen atoms in total. The third-order valence-electron chi connectivity index (χ3n) is 4.22. The highest BCUT2D eigenvalue weighted by atomic mass is 35.5. The Hall–Kier alpha value is -3.56. The van der Waals surface area contributed by atoms with Crippen LogP contribution < -0.4 is 20.5 Å². The van der Waals surface area contributed by atoms with Gasteiger partial charge in [0, 0.05) is 5.02 Å². The van der Waals surface area contributed by atoms with Crippen molar-refractivity contribution in [3.05, 3.63) is 75.6 Å². The van der Waals surface area contributed by atoms with Crippen molar-refractivity contribution in [3.63, 3.8) is 0 Å². The third kappa shape index (κ3) is 5.99. The van der Waals surface area contributed by atoms with Crippen LogP contribution >= 0.6 is 22.9 Å². The molecule has 2 amide bonds. The Morgan fingerprint density at radius 2 is 1.81 bits per heavy atom. The van der Waals surface area contributed by atoms with Crippen LogP contribution in [0.3, 0.4) is 0 Å². The number of carbonyl (C=O) groups is 3. The molecular weight excluding hydrogens is 456 g/mol. The maximum Gasteiger partial charge on any atom is 0.338 e. The molecule has 0 spiro atoms. The number of carbonyl (C=O) groups excluding carboxylic acids is 3. The van der Waals surface area contributed by atoms with Gasteiger partial charge in [-0.1, -0.05) is 23.7 Å². The van der Waals surface area contributed by atoms with Gasteiger partial charge < -0.3 is 25.3 Å². The number of nitrogens with one attached hydrogen (secondary N) is 1. The van der Waals surface area contributed by atoms with Gasteiger partial charge in [0.2, 0.25) is 0 Å². The van der Waals surface area contributed by atoms with Gasteiger partial charge in [-0.05, 0) is 47.3 Å². The van der Waals surface area contributed by atoms with Gasteiger partial charge in [-0.3, -0.25) is 9.59 Å². The number of hydrogen-bond donors (Lipinski definition) is 2. The second-order valence-corrected chi connectivity index (χ2v) is 7.79. The number of hydrogen-bond acceptors (Lipinski definition) is 7. The number of ether oxygens (including phenoxy) is 3. The number of benzene rings is 2. The Morgan fingerprint density at radius 1 is 1.06 bits per heavy atom. The minimum Gasteiger partial charge on any atom is -0.493 e. The highest BCUT2D eigenvalue weighted by Gasteiger charge is 2.16. The first-order chi connectivity index (χ1) is 15.4. The van der Waals surface area contributed by atoms with E-state index in [4.69, 9.17) is 31.5 Å². The van der Waals surface area contributed by atoms with Crippen LogP contribution in [0.1, 0.15) is 26.3 Å². The molecule has 0 aliphatic rings. The lowest BCUT2D eigenvalue weighted by molar-refractivity contribution is -0.119. The molecule has 0 saturated heterocycles. The average molecular weight is 475 g/mol. The third-order valence-corrected chi connectivity index (χ3v) is 5.31. The zero-order chi connectivity index (χ0) is 23.1. The molecular formula is C22H19ClN2O6S. The Bertz CT molecular complexity index is 1130. The van der Waals surface area contributed by atoms with E-state index >= 15 is 0 Å². The molecule has 0 radical (unpaired) electrons. The number of esters is 1. The van der Waals surface area contributed by atoms with Crippen molar-refractivity contribution in [2.45, 2.75) is 6.61 Å². The van der Waals surface area contributed by atoms with Crippen molar-refractivity contribution in [2.24, 2.45) is 5.73 Å². The Labute approximate surface area is 192 Å². The van der Waals surface area contributed by atoms with E-state index < -0.39 is 24.4 Å². The number of anilines is 1. The van der Waals surface area contributed by atoms with Crippen molar-refractivity contribution >= 4 is 45.7 Å². The molecule has 10 heteroatoms. The molecule has 1 aromatic heterocycles. The van der Waals surface area contributed by atoms with E-state index in [1.807, 2.05) is 12.1 Å². The quantitative estimate of drug-likeness (QED) is 0.454. The summed E-state index contributed by atoms with van der Waals surface area (Å²) in [4.78, 5) is 35.7. The van der Waals surface area contributed by atoms with Gasteiger partial charge in [-0.25, -0.2) is 4.79 Å². The summed E-state index contributed by atoms with van der Waals surface area (Å²) in [5.74, 6) is -1.21. The van der Waals surface area contributed by atoms with Crippen molar-refractivity contribution in [3.8, 4) is 11.5 Å². The van der Waals surface area contributed by atoms with E-state index in [9.17, 15) is 14.4 Å². The molecule has 0 bridgehead atoms. The SMILES string of the molecule is COc1cc(C(=O)OCC(=O)Nc2sccc2C(N)=O)ccc1OCc1ccc(Cl)cc1. The van der Waals surface area contributed by atoms with Gasteiger partial charge in [-0.15, -0.1) is 11.3 Å². The minimum absolute atomic E-state index is 0.183. The molecule has 3 rings (SSSR count). The standard InChI is InChI=1S/C22H19ClN2O6S/c1-29-18-10-14(4-7-17(18)30-11-13-2-5-15(23)6-3-13)22(28)31-12-19(26)25-21-16(20(24)27)8-9-32-21/h2-10H,11-12H2,1H3,(H2,24,27)(H,25,26). The summed E-state index contributed by atoms with van der Waals surface area (Å²) in [7, 11) is 1.45. The fourth-order valence-corrected chi connectivity index (χ4v) is 3.57. The topological polar surface area (TPSA) is 117 Å². The van der Waals surface area contributed by atoms with Crippen LogP contribution in [0.5, 0.6) is 11.5 Å². The van der Waals surface area contributed by atoms with Crippen LogP contribution in [-0.4, -0.2) is 31.5 Å². The number of thiophene rings is 1. The zero-order valence-electron chi connectivity index (χ0n) is 16.9. The molecule has 1 heterocycles. The number of rotatable bonds is 9. The lowest BCUT2D eigenvalue weighted by atomic mass is 10.2. The lowest BCUT2D eigenvalue weighted by Crippen LogP contribution is -2.22. The molecule has 0 atom stereocenters. The summed E-state index contributed by atoms with van der Waals surface area (Å²) in [5, 5.41) is 5.04. The molecule has 0 fully saturated rings. The number of halogens is 1. The van der Waals surface area contributed by atoms with E-state index in [0.29, 0.717) is 21.5 Å².